The van der Waals surface area contributed by atoms with Crippen LogP contribution in [0.25, 0.3) is 0 Å². The van der Waals surface area contributed by atoms with Crippen molar-refractivity contribution in [1.29, 1.82) is 0 Å². The van der Waals surface area contributed by atoms with Gasteiger partial charge in [-0.2, -0.15) is 0 Å². The Kier molecular flexibility index (Phi) is 9.12. The van der Waals surface area contributed by atoms with E-state index in [1.165, 1.54) is 0 Å². The zero-order valence-electron chi connectivity index (χ0n) is 21.5. The summed E-state index contributed by atoms with van der Waals surface area (Å²) in [5.74, 6) is 0. The van der Waals surface area contributed by atoms with Crippen LogP contribution in [0, 0.1) is 0 Å². The van der Waals surface area contributed by atoms with Gasteiger partial charge in [-0.1, -0.05) is 0 Å². The summed E-state index contributed by atoms with van der Waals surface area (Å²) in [6.07, 6.45) is -11.8. The highest BCUT2D eigenvalue weighted by Gasteiger charge is 2.55. The molecule has 3 saturated heterocycles. The minimum atomic E-state index is -1.53. The third-order valence-electron chi connectivity index (χ3n) is 8.42. The van der Waals surface area contributed by atoms with Gasteiger partial charge < -0.3 is 82.6 Å². The Hall–Kier alpha value is -0.640. The molecule has 2 saturated carbocycles. The van der Waals surface area contributed by atoms with Crippen molar-refractivity contribution in [3.63, 3.8) is 0 Å². The van der Waals surface area contributed by atoms with E-state index in [9.17, 15) is 30.6 Å². The molecule has 226 valence electrons. The number of ether oxygens (including phenoxy) is 5. The smallest absolute Gasteiger partial charge is 0.189 e. The molecule has 3 heterocycles. The predicted molar refractivity (Wildman–Crippen MR) is 130 cm³/mol. The minimum Gasteiger partial charge on any atom is -0.394 e. The fourth-order valence-corrected chi connectivity index (χ4v) is 5.85. The fraction of sp³-hybridized carbons (Fsp3) is 1.00. The van der Waals surface area contributed by atoms with Crippen LogP contribution in [0.2, 0.25) is 0 Å². The highest BCUT2D eigenvalue weighted by atomic mass is 16.8. The molecule has 3 aliphatic heterocycles. The lowest BCUT2D eigenvalue weighted by atomic mass is 9.84. The van der Waals surface area contributed by atoms with Crippen molar-refractivity contribution in [2.24, 2.45) is 22.9 Å². The number of aliphatic hydroxyl groups excluding tert-OH is 6. The number of hydrogen-bond acceptors (Lipinski definition) is 16. The molecular weight excluding hydrogens is 522 g/mol. The normalized spacial score (nSPS) is 54.8. The predicted octanol–water partition coefficient (Wildman–Crippen LogP) is -6.42. The first-order chi connectivity index (χ1) is 18.5. The first-order valence-electron chi connectivity index (χ1n) is 13.6. The van der Waals surface area contributed by atoms with Crippen molar-refractivity contribution in [2.75, 3.05) is 6.61 Å². The third-order valence-corrected chi connectivity index (χ3v) is 8.42. The van der Waals surface area contributed by atoms with Gasteiger partial charge in [0.05, 0.1) is 36.9 Å². The summed E-state index contributed by atoms with van der Waals surface area (Å²) in [5, 5.41) is 65.8. The van der Waals surface area contributed by atoms with Crippen molar-refractivity contribution in [2.45, 2.75) is 136 Å². The maximum Gasteiger partial charge on any atom is 0.189 e. The lowest BCUT2D eigenvalue weighted by molar-refractivity contribution is -0.373. The van der Waals surface area contributed by atoms with Crippen LogP contribution in [-0.2, 0) is 23.7 Å². The van der Waals surface area contributed by atoms with E-state index in [-0.39, 0.29) is 18.9 Å². The standard InChI is InChI=1S/C23H43N5O11/c24-7-3-8(25)19(17(33)14(7)30)37-21-9(26)4-10-20(38-21)16(32)13(28-6-1-2-6)22(35-10)39-23-18(34)15(31)12(27)11(5-29)36-23/h6-23,28-34H,1-5,24-27H2/t7-,8+,9-,10?,11-,12-,13+,14+,15+,16-,17-,18-,19-,20+,21+,22-,23-/m1/s1. The van der Waals surface area contributed by atoms with Gasteiger partial charge in [0.2, 0.25) is 0 Å². The molecule has 16 heteroatoms. The number of fused-ring (bicyclic) bond motifs is 1. The van der Waals surface area contributed by atoms with Crippen LogP contribution in [0.4, 0.5) is 0 Å². The molecule has 2 aliphatic carbocycles. The second-order valence-electron chi connectivity index (χ2n) is 11.4. The molecule has 0 aromatic rings. The third kappa shape index (κ3) is 5.98. The van der Waals surface area contributed by atoms with E-state index >= 15 is 0 Å². The van der Waals surface area contributed by atoms with Crippen LogP contribution in [0.15, 0.2) is 0 Å². The summed E-state index contributed by atoms with van der Waals surface area (Å²) in [6, 6.07) is -3.87. The molecule has 0 aromatic carbocycles. The van der Waals surface area contributed by atoms with Crippen molar-refractivity contribution in [3.05, 3.63) is 0 Å². The van der Waals surface area contributed by atoms with Gasteiger partial charge in [0.15, 0.2) is 18.9 Å². The molecule has 16 nitrogen and oxygen atoms in total. The number of aliphatic hydroxyl groups is 6. The quantitative estimate of drug-likeness (QED) is 0.137. The van der Waals surface area contributed by atoms with Crippen molar-refractivity contribution in [3.8, 4) is 0 Å². The van der Waals surface area contributed by atoms with Crippen LogP contribution < -0.4 is 28.3 Å². The molecule has 5 fully saturated rings. The first kappa shape index (κ1) is 29.8. The average Bonchev–Trinajstić information content (AvgIpc) is 3.72. The van der Waals surface area contributed by atoms with Crippen LogP contribution in [-0.4, -0.2) is 147 Å². The summed E-state index contributed by atoms with van der Waals surface area (Å²) >= 11 is 0. The summed E-state index contributed by atoms with van der Waals surface area (Å²) in [5.41, 5.74) is 24.1. The van der Waals surface area contributed by atoms with Crippen LogP contribution >= 0.6 is 0 Å². The van der Waals surface area contributed by atoms with Gasteiger partial charge in [0.25, 0.3) is 0 Å². The van der Waals surface area contributed by atoms with Crippen molar-refractivity contribution in [1.82, 2.24) is 5.32 Å². The molecule has 1 unspecified atom stereocenters. The monoisotopic (exact) mass is 565 g/mol. The Balaban J connectivity index is 1.29. The number of rotatable bonds is 7. The first-order valence-corrected chi connectivity index (χ1v) is 13.6. The maximum atomic E-state index is 11.4. The number of hydrogen-bond donors (Lipinski definition) is 11. The van der Waals surface area contributed by atoms with Gasteiger partial charge in [-0.15, -0.1) is 0 Å². The zero-order valence-corrected chi connectivity index (χ0v) is 21.5. The second kappa shape index (κ2) is 11.9. The lowest BCUT2D eigenvalue weighted by Crippen LogP contribution is -2.70. The van der Waals surface area contributed by atoms with Gasteiger partial charge in [-0.3, -0.25) is 0 Å². The van der Waals surface area contributed by atoms with Crippen LogP contribution in [0.1, 0.15) is 25.7 Å². The van der Waals surface area contributed by atoms with E-state index in [2.05, 4.69) is 5.32 Å². The van der Waals surface area contributed by atoms with Gasteiger partial charge in [0, 0.05) is 18.1 Å². The Morgan fingerprint density at radius 3 is 2.08 bits per heavy atom. The number of nitrogens with two attached hydrogens (primary N) is 4. The molecular formula is C23H43N5O11. The van der Waals surface area contributed by atoms with Crippen LogP contribution in [0.3, 0.4) is 0 Å². The van der Waals surface area contributed by atoms with Gasteiger partial charge in [-0.05, 0) is 25.7 Å². The largest absolute Gasteiger partial charge is 0.394 e. The summed E-state index contributed by atoms with van der Waals surface area (Å²) in [4.78, 5) is 0. The van der Waals surface area contributed by atoms with E-state index < -0.39 is 111 Å². The fourth-order valence-electron chi connectivity index (χ4n) is 5.85. The highest BCUT2D eigenvalue weighted by Crippen LogP contribution is 2.36. The van der Waals surface area contributed by atoms with Crippen molar-refractivity contribution < 1.29 is 54.3 Å². The molecule has 0 aromatic heterocycles. The maximum absolute atomic E-state index is 11.4. The topological polar surface area (TPSA) is 284 Å². The Bertz CT molecular complexity index is 829. The molecule has 39 heavy (non-hydrogen) atoms. The van der Waals surface area contributed by atoms with E-state index in [1.54, 1.807) is 0 Å². The summed E-state index contributed by atoms with van der Waals surface area (Å²) in [7, 11) is 0. The van der Waals surface area contributed by atoms with Gasteiger partial charge >= 0.3 is 0 Å². The van der Waals surface area contributed by atoms with Gasteiger partial charge in [-0.25, -0.2) is 0 Å². The SMILES string of the molecule is N[C@H]1[C@H](O)[C@@H](O)[C@@H](O[C@H]2OC3C[C@@H](N)[C@@H](O[C@H]4[C@H](O)[C@@H](O)[C@H](N)C[C@@H]4N)O[C@@H]3[C@H](O)[C@@H]2NC2CC2)O[C@@H]1CO. The molecule has 0 spiro atoms. The molecule has 5 rings (SSSR count). The summed E-state index contributed by atoms with van der Waals surface area (Å²) < 4.78 is 29.7. The zero-order chi connectivity index (χ0) is 28.2. The second-order valence-corrected chi connectivity index (χ2v) is 11.4. The summed E-state index contributed by atoms with van der Waals surface area (Å²) in [6.45, 7) is -0.500. The lowest BCUT2D eigenvalue weighted by Gasteiger charge is -2.51. The van der Waals surface area contributed by atoms with E-state index in [0.29, 0.717) is 0 Å². The Labute approximate surface area is 225 Å². The molecule has 15 N–H and O–H groups in total. The minimum absolute atomic E-state index is 0.108. The molecule has 17 atom stereocenters. The molecule has 5 aliphatic rings. The van der Waals surface area contributed by atoms with E-state index in [1.807, 2.05) is 0 Å². The molecule has 0 bridgehead atoms. The van der Waals surface area contributed by atoms with Gasteiger partial charge in [0.1, 0.15) is 42.7 Å². The molecule has 0 radical (unpaired) electrons. The van der Waals surface area contributed by atoms with Crippen molar-refractivity contribution >= 4 is 0 Å². The highest BCUT2D eigenvalue weighted by molar-refractivity contribution is 5.03. The Morgan fingerprint density at radius 1 is 0.692 bits per heavy atom. The van der Waals surface area contributed by atoms with Crippen LogP contribution in [0.5, 0.6) is 0 Å². The Morgan fingerprint density at radius 2 is 1.41 bits per heavy atom. The molecule has 0 amide bonds. The van der Waals surface area contributed by atoms with E-state index in [4.69, 9.17) is 46.6 Å². The van der Waals surface area contributed by atoms with E-state index in [0.717, 1.165) is 12.8 Å². The number of nitrogens with one attached hydrogen (secondary N) is 1. The average molecular weight is 566 g/mol.